The molecule has 0 amide bonds. The van der Waals surface area contributed by atoms with Gasteiger partial charge in [-0.05, 0) is 37.7 Å². The molecule has 0 aromatic rings. The number of carbonyl (C=O) groups is 1. The first-order valence-corrected chi connectivity index (χ1v) is 6.98. The van der Waals surface area contributed by atoms with Gasteiger partial charge in [0.2, 0.25) is 0 Å². The summed E-state index contributed by atoms with van der Waals surface area (Å²) in [6, 6.07) is 0. The minimum absolute atomic E-state index is 0.0235. The van der Waals surface area contributed by atoms with Crippen molar-refractivity contribution in [2.24, 2.45) is 17.3 Å². The maximum atomic E-state index is 12.3. The zero-order valence-corrected chi connectivity index (χ0v) is 13.4. The van der Waals surface area contributed by atoms with E-state index in [1.807, 2.05) is 33.8 Å². The first-order valence-electron chi connectivity index (χ1n) is 6.98. The van der Waals surface area contributed by atoms with Crippen LogP contribution in [0, 0.1) is 29.6 Å². The van der Waals surface area contributed by atoms with Crippen LogP contribution in [0.5, 0.6) is 0 Å². The molecule has 1 aliphatic rings. The summed E-state index contributed by atoms with van der Waals surface area (Å²) < 4.78 is 42.1. The van der Waals surface area contributed by atoms with Gasteiger partial charge in [-0.2, -0.15) is 13.2 Å². The van der Waals surface area contributed by atoms with Crippen LogP contribution in [-0.2, 0) is 9.53 Å². The molecule has 0 aromatic heterocycles. The molecule has 0 aromatic carbocycles. The summed E-state index contributed by atoms with van der Waals surface area (Å²) in [6.07, 6.45) is 1.46. The molecule has 3 unspecified atom stereocenters. The molecule has 0 spiro atoms. The number of halogens is 3. The van der Waals surface area contributed by atoms with Crippen molar-refractivity contribution in [2.75, 3.05) is 0 Å². The molecular weight excluding hydrogens is 293 g/mol. The molecule has 1 aliphatic carbocycles. The summed E-state index contributed by atoms with van der Waals surface area (Å²) in [5.41, 5.74) is 0.602. The van der Waals surface area contributed by atoms with Crippen LogP contribution in [0.2, 0.25) is 0 Å². The first kappa shape index (κ1) is 18.3. The molecular formula is C17H21F3O2. The molecule has 1 fully saturated rings. The molecule has 0 radical (unpaired) electrons. The van der Waals surface area contributed by atoms with E-state index >= 15 is 0 Å². The Labute approximate surface area is 129 Å². The van der Waals surface area contributed by atoms with E-state index in [0.717, 1.165) is 5.57 Å². The van der Waals surface area contributed by atoms with Crippen LogP contribution >= 0.6 is 0 Å². The lowest BCUT2D eigenvalue weighted by Crippen LogP contribution is -2.22. The van der Waals surface area contributed by atoms with Gasteiger partial charge in [0.1, 0.15) is 0 Å². The van der Waals surface area contributed by atoms with Gasteiger partial charge in [0.15, 0.2) is 6.10 Å². The second-order valence-corrected chi connectivity index (χ2v) is 6.48. The number of allylic oxidation sites excluding steroid dienone is 3. The van der Waals surface area contributed by atoms with E-state index in [9.17, 15) is 18.0 Å². The van der Waals surface area contributed by atoms with E-state index < -0.39 is 18.2 Å². The van der Waals surface area contributed by atoms with Crippen molar-refractivity contribution in [3.63, 3.8) is 0 Å². The van der Waals surface area contributed by atoms with Gasteiger partial charge in [0.05, 0.1) is 5.92 Å². The predicted octanol–water partition coefficient (Wildman–Crippen LogP) is 4.28. The van der Waals surface area contributed by atoms with E-state index in [1.165, 1.54) is 6.92 Å². The molecule has 1 saturated carbocycles. The number of hydrogen-bond donors (Lipinski definition) is 0. The SMILES string of the molecule is C#CC(OC(=O)C1C(C=C(C)C)C1(C)C)/C(C)=C/C(F)(F)F. The Hall–Kier alpha value is -1.70. The normalized spacial score (nSPS) is 25.0. The van der Waals surface area contributed by atoms with Crippen molar-refractivity contribution in [3.8, 4) is 12.3 Å². The number of rotatable bonds is 4. The number of terminal acetylenes is 1. The second-order valence-electron chi connectivity index (χ2n) is 6.48. The smallest absolute Gasteiger partial charge is 0.409 e. The molecule has 0 aliphatic heterocycles. The van der Waals surface area contributed by atoms with Crippen LogP contribution in [0.3, 0.4) is 0 Å². The van der Waals surface area contributed by atoms with Crippen LogP contribution in [-0.4, -0.2) is 18.2 Å². The van der Waals surface area contributed by atoms with E-state index in [2.05, 4.69) is 5.92 Å². The van der Waals surface area contributed by atoms with E-state index in [1.54, 1.807) is 0 Å². The predicted molar refractivity (Wildman–Crippen MR) is 78.7 cm³/mol. The standard InChI is InChI=1S/C17H21F3O2/c1-7-13(11(4)9-17(18,19)20)22-15(21)14-12(8-10(2)3)16(14,5)6/h1,8-9,12-14H,2-6H3/b11-9+. The van der Waals surface area contributed by atoms with Crippen LogP contribution in [0.1, 0.15) is 34.6 Å². The molecule has 0 N–H and O–H groups in total. The lowest BCUT2D eigenvalue weighted by atomic mass is 10.1. The fraction of sp³-hybridized carbons (Fsp3) is 0.588. The average molecular weight is 314 g/mol. The van der Waals surface area contributed by atoms with Gasteiger partial charge in [-0.25, -0.2) is 0 Å². The van der Waals surface area contributed by atoms with Crippen LogP contribution in [0.4, 0.5) is 13.2 Å². The zero-order valence-electron chi connectivity index (χ0n) is 13.4. The van der Waals surface area contributed by atoms with E-state index in [4.69, 9.17) is 11.2 Å². The Morgan fingerprint density at radius 1 is 1.32 bits per heavy atom. The number of alkyl halides is 3. The maximum Gasteiger partial charge on any atom is 0.409 e. The van der Waals surface area contributed by atoms with Gasteiger partial charge in [0, 0.05) is 6.08 Å². The minimum atomic E-state index is -4.49. The van der Waals surface area contributed by atoms with Crippen molar-refractivity contribution in [2.45, 2.75) is 46.9 Å². The first-order chi connectivity index (χ1) is 9.90. The number of ether oxygens (including phenoxy) is 1. The molecule has 5 heteroatoms. The van der Waals surface area contributed by atoms with Crippen LogP contribution in [0.25, 0.3) is 0 Å². The highest BCUT2D eigenvalue weighted by Crippen LogP contribution is 2.60. The van der Waals surface area contributed by atoms with Crippen molar-refractivity contribution in [3.05, 3.63) is 23.3 Å². The van der Waals surface area contributed by atoms with Gasteiger partial charge in [-0.15, -0.1) is 6.42 Å². The fourth-order valence-corrected chi connectivity index (χ4v) is 2.58. The van der Waals surface area contributed by atoms with E-state index in [-0.39, 0.29) is 28.9 Å². The van der Waals surface area contributed by atoms with Crippen LogP contribution in [0.15, 0.2) is 23.3 Å². The minimum Gasteiger partial charge on any atom is -0.444 e. The number of carbonyl (C=O) groups excluding carboxylic acids is 1. The highest BCUT2D eigenvalue weighted by molar-refractivity contribution is 5.79. The largest absolute Gasteiger partial charge is 0.444 e. The molecule has 0 heterocycles. The van der Waals surface area contributed by atoms with Crippen molar-refractivity contribution in [1.29, 1.82) is 0 Å². The number of hydrogen-bond acceptors (Lipinski definition) is 2. The summed E-state index contributed by atoms with van der Waals surface area (Å²) in [7, 11) is 0. The Morgan fingerprint density at radius 2 is 1.86 bits per heavy atom. The Bertz CT molecular complexity index is 543. The molecule has 1 rings (SSSR count). The second kappa shape index (κ2) is 6.20. The molecule has 0 saturated heterocycles. The summed E-state index contributed by atoms with van der Waals surface area (Å²) >= 11 is 0. The van der Waals surface area contributed by atoms with Crippen molar-refractivity contribution < 1.29 is 22.7 Å². The van der Waals surface area contributed by atoms with Gasteiger partial charge >= 0.3 is 12.1 Å². The monoisotopic (exact) mass is 314 g/mol. The summed E-state index contributed by atoms with van der Waals surface area (Å²) in [4.78, 5) is 12.2. The Kier molecular flexibility index (Phi) is 5.17. The van der Waals surface area contributed by atoms with Crippen LogP contribution < -0.4 is 0 Å². The van der Waals surface area contributed by atoms with Crippen molar-refractivity contribution >= 4 is 5.97 Å². The lowest BCUT2D eigenvalue weighted by molar-refractivity contribution is -0.148. The van der Waals surface area contributed by atoms with Gasteiger partial charge < -0.3 is 4.74 Å². The molecule has 22 heavy (non-hydrogen) atoms. The quantitative estimate of drug-likeness (QED) is 0.440. The molecule has 3 atom stereocenters. The highest BCUT2D eigenvalue weighted by atomic mass is 19.4. The third kappa shape index (κ3) is 4.40. The fourth-order valence-electron chi connectivity index (χ4n) is 2.58. The topological polar surface area (TPSA) is 26.3 Å². The highest BCUT2D eigenvalue weighted by Gasteiger charge is 2.61. The third-order valence-corrected chi connectivity index (χ3v) is 3.87. The lowest BCUT2D eigenvalue weighted by Gasteiger charge is -2.14. The summed E-state index contributed by atoms with van der Waals surface area (Å²) in [5.74, 6) is 1.19. The number of esters is 1. The van der Waals surface area contributed by atoms with Gasteiger partial charge in [-0.3, -0.25) is 4.79 Å². The molecule has 122 valence electrons. The van der Waals surface area contributed by atoms with E-state index in [0.29, 0.717) is 0 Å². The zero-order chi connectivity index (χ0) is 17.3. The van der Waals surface area contributed by atoms with Crippen molar-refractivity contribution in [1.82, 2.24) is 0 Å². The van der Waals surface area contributed by atoms with Gasteiger partial charge in [0.25, 0.3) is 0 Å². The van der Waals surface area contributed by atoms with Gasteiger partial charge in [-0.1, -0.05) is 31.4 Å². The Balaban J connectivity index is 2.82. The third-order valence-electron chi connectivity index (χ3n) is 3.87. The molecule has 2 nitrogen and oxygen atoms in total. The summed E-state index contributed by atoms with van der Waals surface area (Å²) in [5, 5.41) is 0. The average Bonchev–Trinajstić information content (AvgIpc) is 2.84. The molecule has 0 bridgehead atoms. The Morgan fingerprint density at radius 3 is 2.27 bits per heavy atom. The maximum absolute atomic E-state index is 12.3. The summed E-state index contributed by atoms with van der Waals surface area (Å²) in [6.45, 7) is 8.91.